The first-order valence-electron chi connectivity index (χ1n) is 7.31. The Hall–Kier alpha value is -0.850. The van der Waals surface area contributed by atoms with Gasteiger partial charge in [0.05, 0.1) is 6.10 Å². The second kappa shape index (κ2) is 7.81. The summed E-state index contributed by atoms with van der Waals surface area (Å²) < 4.78 is 2.15. The lowest BCUT2D eigenvalue weighted by Crippen LogP contribution is -2.28. The zero-order chi connectivity index (χ0) is 14.4. The molecule has 0 aromatic carbocycles. The number of rotatable bonds is 7. The van der Waals surface area contributed by atoms with Crippen molar-refractivity contribution < 1.29 is 5.11 Å². The Labute approximate surface area is 124 Å². The quantitative estimate of drug-likeness (QED) is 0.593. The second-order valence-corrected chi connectivity index (χ2v) is 6.12. The van der Waals surface area contributed by atoms with Gasteiger partial charge in [0.1, 0.15) is 5.82 Å². The maximum Gasteiger partial charge on any atom is 0.191 e. The van der Waals surface area contributed by atoms with Crippen molar-refractivity contribution in [3.63, 3.8) is 0 Å². The first-order chi connectivity index (χ1) is 9.76. The highest BCUT2D eigenvalue weighted by molar-refractivity contribution is 7.99. The molecule has 0 unspecified atom stereocenters. The van der Waals surface area contributed by atoms with Crippen LogP contribution in [0, 0.1) is 0 Å². The monoisotopic (exact) mass is 296 g/mol. The Morgan fingerprint density at radius 2 is 2.25 bits per heavy atom. The molecule has 1 aromatic heterocycles. The zero-order valence-electron chi connectivity index (χ0n) is 12.1. The Morgan fingerprint density at radius 1 is 1.50 bits per heavy atom. The molecular weight excluding hydrogens is 272 g/mol. The van der Waals surface area contributed by atoms with Gasteiger partial charge < -0.3 is 15.0 Å². The van der Waals surface area contributed by atoms with Crippen LogP contribution in [0.25, 0.3) is 0 Å². The van der Waals surface area contributed by atoms with Crippen molar-refractivity contribution >= 4 is 11.8 Å². The summed E-state index contributed by atoms with van der Waals surface area (Å²) in [5.74, 6) is 2.21. The molecule has 20 heavy (non-hydrogen) atoms. The van der Waals surface area contributed by atoms with Gasteiger partial charge in [0.2, 0.25) is 0 Å². The number of piperidine rings is 1. The summed E-state index contributed by atoms with van der Waals surface area (Å²) in [6, 6.07) is 0. The predicted molar refractivity (Wildman–Crippen MR) is 82.1 cm³/mol. The summed E-state index contributed by atoms with van der Waals surface area (Å²) >= 11 is 1.58. The number of hydrogen-bond donors (Lipinski definition) is 2. The largest absolute Gasteiger partial charge is 0.392 e. The molecule has 1 aromatic rings. The number of aliphatic hydroxyl groups is 1. The van der Waals surface area contributed by atoms with Crippen LogP contribution in [0.3, 0.4) is 0 Å². The molecule has 2 heterocycles. The smallest absolute Gasteiger partial charge is 0.191 e. The lowest BCUT2D eigenvalue weighted by molar-refractivity contribution is 0.195. The first kappa shape index (κ1) is 15.5. The second-order valence-electron chi connectivity index (χ2n) is 5.14. The van der Waals surface area contributed by atoms with E-state index < -0.39 is 0 Å². The number of allylic oxidation sites excluding steroid dienone is 1. The molecule has 0 radical (unpaired) electrons. The van der Waals surface area contributed by atoms with Gasteiger partial charge >= 0.3 is 0 Å². The third-order valence-electron chi connectivity index (χ3n) is 3.64. The van der Waals surface area contributed by atoms with E-state index in [4.69, 9.17) is 0 Å². The van der Waals surface area contributed by atoms with E-state index in [-0.39, 0.29) is 6.10 Å². The predicted octanol–water partition coefficient (Wildman–Crippen LogP) is 1.79. The fourth-order valence-electron chi connectivity index (χ4n) is 2.38. The highest BCUT2D eigenvalue weighted by Gasteiger charge is 2.23. The maximum absolute atomic E-state index is 9.69. The molecule has 1 aliphatic rings. The molecule has 2 rings (SSSR count). The van der Waals surface area contributed by atoms with Gasteiger partial charge in [-0.05, 0) is 32.4 Å². The van der Waals surface area contributed by atoms with Crippen LogP contribution in [-0.2, 0) is 6.54 Å². The van der Waals surface area contributed by atoms with Gasteiger partial charge in [-0.25, -0.2) is 0 Å². The molecule has 1 fully saturated rings. The molecule has 1 atom stereocenters. The summed E-state index contributed by atoms with van der Waals surface area (Å²) in [5, 5.41) is 22.7. The minimum atomic E-state index is -0.281. The summed E-state index contributed by atoms with van der Waals surface area (Å²) in [5.41, 5.74) is 0. The summed E-state index contributed by atoms with van der Waals surface area (Å²) in [6.45, 7) is 8.63. The summed E-state index contributed by atoms with van der Waals surface area (Å²) in [4.78, 5) is 0. The van der Waals surface area contributed by atoms with Crippen LogP contribution >= 0.6 is 11.8 Å². The summed E-state index contributed by atoms with van der Waals surface area (Å²) in [6.07, 6.45) is 4.59. The summed E-state index contributed by atoms with van der Waals surface area (Å²) in [7, 11) is 0. The fourth-order valence-corrected chi connectivity index (χ4v) is 3.38. The molecule has 2 N–H and O–H groups in total. The van der Waals surface area contributed by atoms with Crippen molar-refractivity contribution in [1.82, 2.24) is 20.1 Å². The van der Waals surface area contributed by atoms with Crippen LogP contribution in [0.2, 0.25) is 0 Å². The number of nitrogens with zero attached hydrogens (tertiary/aromatic N) is 3. The van der Waals surface area contributed by atoms with Crippen molar-refractivity contribution in [2.24, 2.45) is 0 Å². The highest BCUT2D eigenvalue weighted by Crippen LogP contribution is 2.27. The highest BCUT2D eigenvalue weighted by atomic mass is 32.2. The number of aliphatic hydroxyl groups excluding tert-OH is 1. The molecule has 0 spiro atoms. The van der Waals surface area contributed by atoms with E-state index in [0.717, 1.165) is 49.9 Å². The van der Waals surface area contributed by atoms with Gasteiger partial charge in [-0.15, -0.1) is 16.8 Å². The molecule has 0 amide bonds. The van der Waals surface area contributed by atoms with E-state index in [2.05, 4.69) is 26.7 Å². The van der Waals surface area contributed by atoms with E-state index in [1.54, 1.807) is 11.8 Å². The first-order valence-corrected chi connectivity index (χ1v) is 8.30. The normalized spacial score (nSPS) is 18.1. The molecule has 0 bridgehead atoms. The molecule has 112 valence electrons. The van der Waals surface area contributed by atoms with Crippen LogP contribution in [-0.4, -0.2) is 44.8 Å². The van der Waals surface area contributed by atoms with Crippen LogP contribution in [0.1, 0.15) is 37.9 Å². The minimum absolute atomic E-state index is 0.281. The Balaban J connectivity index is 2.11. The zero-order valence-corrected chi connectivity index (χ0v) is 12.9. The van der Waals surface area contributed by atoms with Gasteiger partial charge in [0.15, 0.2) is 5.16 Å². The Bertz CT molecular complexity index is 429. The van der Waals surface area contributed by atoms with Crippen LogP contribution in [0.4, 0.5) is 0 Å². The Kier molecular flexibility index (Phi) is 6.06. The van der Waals surface area contributed by atoms with Crippen molar-refractivity contribution in [2.45, 2.75) is 49.9 Å². The van der Waals surface area contributed by atoms with E-state index in [9.17, 15) is 5.11 Å². The van der Waals surface area contributed by atoms with Crippen molar-refractivity contribution in [1.29, 1.82) is 0 Å². The molecule has 5 nitrogen and oxygen atoms in total. The third-order valence-corrected chi connectivity index (χ3v) is 4.75. The topological polar surface area (TPSA) is 63.0 Å². The van der Waals surface area contributed by atoms with Gasteiger partial charge in [0.25, 0.3) is 0 Å². The average Bonchev–Trinajstić information content (AvgIpc) is 2.89. The Morgan fingerprint density at radius 3 is 2.90 bits per heavy atom. The van der Waals surface area contributed by atoms with E-state index in [1.807, 2.05) is 13.0 Å². The van der Waals surface area contributed by atoms with Crippen molar-refractivity contribution in [3.8, 4) is 0 Å². The van der Waals surface area contributed by atoms with Crippen LogP contribution in [0.5, 0.6) is 0 Å². The van der Waals surface area contributed by atoms with Gasteiger partial charge in [-0.1, -0.05) is 24.8 Å². The van der Waals surface area contributed by atoms with Crippen LogP contribution in [0.15, 0.2) is 17.8 Å². The van der Waals surface area contributed by atoms with E-state index in [1.165, 1.54) is 0 Å². The average molecular weight is 296 g/mol. The number of nitrogens with one attached hydrogen (secondary N) is 1. The van der Waals surface area contributed by atoms with Crippen LogP contribution < -0.4 is 5.32 Å². The standard InChI is InChI=1S/C14H24N4OS/c1-3-9-18-13(11-5-7-15-8-6-11)16-17-14(18)20-10-12(19)4-2/h3,11-12,15,19H,1,4-10H2,2H3/t12-/m0/s1. The molecular formula is C14H24N4OS. The maximum atomic E-state index is 9.69. The van der Waals surface area contributed by atoms with Crippen molar-refractivity contribution in [2.75, 3.05) is 18.8 Å². The number of hydrogen-bond acceptors (Lipinski definition) is 5. The SMILES string of the molecule is C=CCn1c(SC[C@@H](O)CC)nnc1C1CCNCC1. The van der Waals surface area contributed by atoms with Crippen molar-refractivity contribution in [3.05, 3.63) is 18.5 Å². The molecule has 1 aliphatic heterocycles. The van der Waals surface area contributed by atoms with Gasteiger partial charge in [0, 0.05) is 18.2 Å². The fraction of sp³-hybridized carbons (Fsp3) is 0.714. The lowest BCUT2D eigenvalue weighted by atomic mass is 9.97. The van der Waals surface area contributed by atoms with Gasteiger partial charge in [-0.3, -0.25) is 0 Å². The minimum Gasteiger partial charge on any atom is -0.392 e. The third kappa shape index (κ3) is 3.84. The number of aromatic nitrogens is 3. The van der Waals surface area contributed by atoms with E-state index >= 15 is 0 Å². The molecule has 0 saturated carbocycles. The van der Waals surface area contributed by atoms with Gasteiger partial charge in [-0.2, -0.15) is 0 Å². The lowest BCUT2D eigenvalue weighted by Gasteiger charge is -2.22. The van der Waals surface area contributed by atoms with E-state index in [0.29, 0.717) is 11.7 Å². The molecule has 6 heteroatoms. The molecule has 0 aliphatic carbocycles. The molecule has 1 saturated heterocycles. The number of thioether (sulfide) groups is 1.